The second-order valence-corrected chi connectivity index (χ2v) is 2.67. The normalized spacial score (nSPS) is 9.71. The van der Waals surface area contributed by atoms with E-state index in [2.05, 4.69) is 20.3 Å². The highest BCUT2D eigenvalue weighted by molar-refractivity contribution is 5.54. The Hall–Kier alpha value is -2.17. The van der Waals surface area contributed by atoms with Gasteiger partial charge in [0.1, 0.15) is 5.82 Å². The molecule has 0 fully saturated rings. The van der Waals surface area contributed by atoms with Crippen LogP contribution in [0.1, 0.15) is 0 Å². The first-order valence-corrected chi connectivity index (χ1v) is 4.10. The molecule has 70 valence electrons. The van der Waals surface area contributed by atoms with Crippen molar-refractivity contribution in [2.24, 2.45) is 0 Å². The molecule has 0 atom stereocenters. The standard InChI is InChI=1S/C9H9N5/c10-9-12-5-3-8(14-9)13-7-2-1-4-11-6-7/h1-6H,(H3,10,12,13,14). The molecule has 0 saturated carbocycles. The molecule has 2 aromatic rings. The zero-order chi connectivity index (χ0) is 9.80. The van der Waals surface area contributed by atoms with Gasteiger partial charge in [-0.05, 0) is 18.2 Å². The van der Waals surface area contributed by atoms with Crippen molar-refractivity contribution >= 4 is 17.5 Å². The van der Waals surface area contributed by atoms with Crippen molar-refractivity contribution < 1.29 is 0 Å². The topological polar surface area (TPSA) is 76.7 Å². The molecule has 0 saturated heterocycles. The molecule has 3 N–H and O–H groups in total. The number of nitrogens with one attached hydrogen (secondary N) is 1. The molecule has 0 aromatic carbocycles. The largest absolute Gasteiger partial charge is 0.368 e. The average Bonchev–Trinajstić information content (AvgIpc) is 2.19. The Labute approximate surface area is 81.0 Å². The van der Waals surface area contributed by atoms with Crippen LogP contribution >= 0.6 is 0 Å². The Bertz CT molecular complexity index is 415. The van der Waals surface area contributed by atoms with Crippen LogP contribution in [0.15, 0.2) is 36.8 Å². The Morgan fingerprint density at radius 1 is 1.21 bits per heavy atom. The molecule has 0 aliphatic heterocycles. The molecule has 5 nitrogen and oxygen atoms in total. The van der Waals surface area contributed by atoms with Crippen LogP contribution in [0.2, 0.25) is 0 Å². The highest BCUT2D eigenvalue weighted by Crippen LogP contribution is 2.11. The molecule has 0 bridgehead atoms. The number of nitrogen functional groups attached to an aromatic ring is 1. The molecule has 0 aliphatic carbocycles. The summed E-state index contributed by atoms with van der Waals surface area (Å²) in [7, 11) is 0. The summed E-state index contributed by atoms with van der Waals surface area (Å²) in [5.74, 6) is 0.907. The van der Waals surface area contributed by atoms with Crippen molar-refractivity contribution in [3.63, 3.8) is 0 Å². The van der Waals surface area contributed by atoms with Crippen LogP contribution < -0.4 is 11.1 Å². The molecule has 14 heavy (non-hydrogen) atoms. The quantitative estimate of drug-likeness (QED) is 0.738. The van der Waals surface area contributed by atoms with Gasteiger partial charge >= 0.3 is 0 Å². The molecule has 5 heteroatoms. The van der Waals surface area contributed by atoms with E-state index in [4.69, 9.17) is 5.73 Å². The summed E-state index contributed by atoms with van der Waals surface area (Å²) in [4.78, 5) is 11.8. The van der Waals surface area contributed by atoms with Crippen LogP contribution in [0, 0.1) is 0 Å². The van der Waals surface area contributed by atoms with E-state index in [1.807, 2.05) is 12.1 Å². The second-order valence-electron chi connectivity index (χ2n) is 2.67. The molecule has 0 spiro atoms. The van der Waals surface area contributed by atoms with E-state index in [-0.39, 0.29) is 5.95 Å². The lowest BCUT2D eigenvalue weighted by Crippen LogP contribution is -1.98. The van der Waals surface area contributed by atoms with Gasteiger partial charge in [0.25, 0.3) is 0 Å². The lowest BCUT2D eigenvalue weighted by Gasteiger charge is -2.03. The van der Waals surface area contributed by atoms with Gasteiger partial charge in [0.15, 0.2) is 0 Å². The maximum atomic E-state index is 5.43. The Morgan fingerprint density at radius 2 is 2.14 bits per heavy atom. The van der Waals surface area contributed by atoms with E-state index >= 15 is 0 Å². The van der Waals surface area contributed by atoms with E-state index in [9.17, 15) is 0 Å². The SMILES string of the molecule is Nc1nccc(Nc2cccnc2)n1. The Kier molecular flexibility index (Phi) is 2.22. The first-order valence-electron chi connectivity index (χ1n) is 4.10. The molecular formula is C9H9N5. The van der Waals surface area contributed by atoms with Crippen molar-refractivity contribution in [2.45, 2.75) is 0 Å². The van der Waals surface area contributed by atoms with Crippen molar-refractivity contribution in [3.8, 4) is 0 Å². The predicted molar refractivity (Wildman–Crippen MR) is 54.0 cm³/mol. The van der Waals surface area contributed by atoms with Gasteiger partial charge in [-0.3, -0.25) is 4.98 Å². The fourth-order valence-electron chi connectivity index (χ4n) is 1.03. The molecule has 0 unspecified atom stereocenters. The van der Waals surface area contributed by atoms with Gasteiger partial charge in [-0.1, -0.05) is 0 Å². The Morgan fingerprint density at radius 3 is 2.86 bits per heavy atom. The third-order valence-corrected chi connectivity index (χ3v) is 1.61. The summed E-state index contributed by atoms with van der Waals surface area (Å²) in [6, 6.07) is 5.47. The van der Waals surface area contributed by atoms with E-state index in [1.54, 1.807) is 24.7 Å². The van der Waals surface area contributed by atoms with Crippen molar-refractivity contribution in [3.05, 3.63) is 36.8 Å². The fourth-order valence-corrected chi connectivity index (χ4v) is 1.03. The minimum Gasteiger partial charge on any atom is -0.368 e. The summed E-state index contributed by atoms with van der Waals surface area (Å²) >= 11 is 0. The third kappa shape index (κ3) is 1.95. The van der Waals surface area contributed by atoms with Gasteiger partial charge in [-0.15, -0.1) is 0 Å². The number of rotatable bonds is 2. The minimum atomic E-state index is 0.249. The molecule has 0 amide bonds. The van der Waals surface area contributed by atoms with E-state index < -0.39 is 0 Å². The minimum absolute atomic E-state index is 0.249. The van der Waals surface area contributed by atoms with Crippen molar-refractivity contribution in [2.75, 3.05) is 11.1 Å². The zero-order valence-corrected chi connectivity index (χ0v) is 7.38. The summed E-state index contributed by atoms with van der Waals surface area (Å²) in [5.41, 5.74) is 6.30. The van der Waals surface area contributed by atoms with E-state index in [0.29, 0.717) is 5.82 Å². The fraction of sp³-hybridized carbons (Fsp3) is 0. The number of hydrogen-bond acceptors (Lipinski definition) is 5. The van der Waals surface area contributed by atoms with Crippen LogP contribution in [0.5, 0.6) is 0 Å². The summed E-state index contributed by atoms with van der Waals surface area (Å²) in [6.45, 7) is 0. The molecule has 2 heterocycles. The number of hydrogen-bond donors (Lipinski definition) is 2. The second kappa shape index (κ2) is 3.69. The van der Waals surface area contributed by atoms with Crippen molar-refractivity contribution in [1.29, 1.82) is 0 Å². The van der Waals surface area contributed by atoms with E-state index in [1.165, 1.54) is 0 Å². The average molecular weight is 187 g/mol. The van der Waals surface area contributed by atoms with Crippen LogP contribution in [0.25, 0.3) is 0 Å². The van der Waals surface area contributed by atoms with Gasteiger partial charge in [-0.2, -0.15) is 4.98 Å². The maximum Gasteiger partial charge on any atom is 0.221 e. The van der Waals surface area contributed by atoms with Gasteiger partial charge in [0.2, 0.25) is 5.95 Å². The third-order valence-electron chi connectivity index (χ3n) is 1.61. The summed E-state index contributed by atoms with van der Waals surface area (Å²) in [6.07, 6.45) is 5.01. The first-order chi connectivity index (χ1) is 6.84. The maximum absolute atomic E-state index is 5.43. The molecule has 0 aliphatic rings. The number of pyridine rings is 1. The molecule has 2 aromatic heterocycles. The number of nitrogens with two attached hydrogens (primary N) is 1. The van der Waals surface area contributed by atoms with Gasteiger partial charge < -0.3 is 11.1 Å². The van der Waals surface area contributed by atoms with Crippen molar-refractivity contribution in [1.82, 2.24) is 15.0 Å². The Balaban J connectivity index is 2.19. The monoisotopic (exact) mass is 187 g/mol. The zero-order valence-electron chi connectivity index (χ0n) is 7.38. The smallest absolute Gasteiger partial charge is 0.221 e. The molecule has 0 radical (unpaired) electrons. The predicted octanol–water partition coefficient (Wildman–Crippen LogP) is 1.20. The highest BCUT2D eigenvalue weighted by Gasteiger charge is 1.95. The summed E-state index contributed by atoms with van der Waals surface area (Å²) in [5, 5.41) is 3.05. The lowest BCUT2D eigenvalue weighted by atomic mass is 10.4. The number of nitrogens with zero attached hydrogens (tertiary/aromatic N) is 3. The number of anilines is 3. The van der Waals surface area contributed by atoms with Crippen LogP contribution in [-0.2, 0) is 0 Å². The summed E-state index contributed by atoms with van der Waals surface area (Å²) < 4.78 is 0. The van der Waals surface area contributed by atoms with E-state index in [0.717, 1.165) is 5.69 Å². The van der Waals surface area contributed by atoms with Crippen LogP contribution in [0.4, 0.5) is 17.5 Å². The molecular weight excluding hydrogens is 178 g/mol. The highest BCUT2D eigenvalue weighted by atomic mass is 15.1. The van der Waals surface area contributed by atoms with Gasteiger partial charge in [-0.25, -0.2) is 4.98 Å². The number of aromatic nitrogens is 3. The van der Waals surface area contributed by atoms with Gasteiger partial charge in [0, 0.05) is 12.4 Å². The van der Waals surface area contributed by atoms with Crippen LogP contribution in [-0.4, -0.2) is 15.0 Å². The lowest BCUT2D eigenvalue weighted by molar-refractivity contribution is 1.18. The van der Waals surface area contributed by atoms with Crippen LogP contribution in [0.3, 0.4) is 0 Å². The first kappa shape index (κ1) is 8.43. The molecule has 2 rings (SSSR count). The van der Waals surface area contributed by atoms with Gasteiger partial charge in [0.05, 0.1) is 11.9 Å².